The predicted octanol–water partition coefficient (Wildman–Crippen LogP) is 4.06. The summed E-state index contributed by atoms with van der Waals surface area (Å²) in [6.45, 7) is 4.53. The van der Waals surface area contributed by atoms with E-state index in [1.165, 1.54) is 24.8 Å². The van der Waals surface area contributed by atoms with Gasteiger partial charge in [0.25, 0.3) is 0 Å². The zero-order valence-corrected chi connectivity index (χ0v) is 12.9. The van der Waals surface area contributed by atoms with E-state index < -0.39 is 0 Å². The first-order valence-corrected chi connectivity index (χ1v) is 8.16. The lowest BCUT2D eigenvalue weighted by Gasteiger charge is -2.29. The van der Waals surface area contributed by atoms with Crippen LogP contribution >= 0.6 is 0 Å². The third-order valence-electron chi connectivity index (χ3n) is 4.30. The maximum absolute atomic E-state index is 10.3. The van der Waals surface area contributed by atoms with Gasteiger partial charge in [-0.15, -0.1) is 0 Å². The Morgan fingerprint density at radius 2 is 1.80 bits per heavy atom. The van der Waals surface area contributed by atoms with Crippen LogP contribution < -0.4 is 5.32 Å². The highest BCUT2D eigenvalue weighted by Crippen LogP contribution is 2.25. The molecule has 1 aromatic rings. The van der Waals surface area contributed by atoms with E-state index in [1.54, 1.807) is 0 Å². The Morgan fingerprint density at radius 3 is 2.50 bits per heavy atom. The summed E-state index contributed by atoms with van der Waals surface area (Å²) in [5.41, 5.74) is 1.35. The van der Waals surface area contributed by atoms with Crippen molar-refractivity contribution in [3.05, 3.63) is 35.9 Å². The van der Waals surface area contributed by atoms with Gasteiger partial charge in [-0.3, -0.25) is 0 Å². The quantitative estimate of drug-likeness (QED) is 0.794. The van der Waals surface area contributed by atoms with Crippen molar-refractivity contribution in [3.8, 4) is 0 Å². The number of rotatable bonds is 5. The van der Waals surface area contributed by atoms with Gasteiger partial charge in [-0.1, -0.05) is 63.4 Å². The highest BCUT2D eigenvalue weighted by atomic mass is 16.3. The molecule has 0 bridgehead atoms. The maximum Gasteiger partial charge on any atom is 0.0693 e. The van der Waals surface area contributed by atoms with Gasteiger partial charge in [0, 0.05) is 12.1 Å². The molecule has 1 fully saturated rings. The first-order valence-electron chi connectivity index (χ1n) is 8.16. The largest absolute Gasteiger partial charge is 0.392 e. The lowest BCUT2D eigenvalue weighted by atomic mass is 9.94. The van der Waals surface area contributed by atoms with Crippen molar-refractivity contribution >= 4 is 0 Å². The molecule has 2 heteroatoms. The zero-order chi connectivity index (χ0) is 14.4. The van der Waals surface area contributed by atoms with Crippen LogP contribution in [0.15, 0.2) is 30.3 Å². The number of nitrogens with one attached hydrogen (secondary N) is 1. The summed E-state index contributed by atoms with van der Waals surface area (Å²) in [6.07, 6.45) is 6.64. The van der Waals surface area contributed by atoms with Crippen LogP contribution in [-0.4, -0.2) is 17.3 Å². The van der Waals surface area contributed by atoms with Gasteiger partial charge in [-0.05, 0) is 30.7 Å². The number of aliphatic hydroxyl groups is 1. The Bertz CT molecular complexity index is 376. The number of aliphatic hydroxyl groups excluding tert-OH is 1. The van der Waals surface area contributed by atoms with E-state index in [0.717, 1.165) is 19.3 Å². The molecule has 1 aromatic carbocycles. The molecule has 1 aliphatic rings. The van der Waals surface area contributed by atoms with Gasteiger partial charge in [0.1, 0.15) is 0 Å². The molecule has 3 atom stereocenters. The Hall–Kier alpha value is -0.860. The maximum atomic E-state index is 10.3. The first kappa shape index (κ1) is 15.5. The number of benzene rings is 1. The predicted molar refractivity (Wildman–Crippen MR) is 84.7 cm³/mol. The third-order valence-corrected chi connectivity index (χ3v) is 4.30. The Balaban J connectivity index is 2.06. The van der Waals surface area contributed by atoms with Crippen molar-refractivity contribution in [1.82, 2.24) is 5.32 Å². The average molecular weight is 275 g/mol. The second-order valence-electron chi connectivity index (χ2n) is 6.57. The Kier molecular flexibility index (Phi) is 6.06. The fourth-order valence-corrected chi connectivity index (χ4v) is 3.20. The fraction of sp³-hybridized carbons (Fsp3) is 0.667. The van der Waals surface area contributed by atoms with Crippen LogP contribution in [0, 0.1) is 5.92 Å². The third kappa shape index (κ3) is 4.60. The molecule has 0 aliphatic heterocycles. The highest BCUT2D eigenvalue weighted by molar-refractivity contribution is 5.19. The summed E-state index contributed by atoms with van der Waals surface area (Å²) in [5.74, 6) is 0.649. The average Bonchev–Trinajstić information content (AvgIpc) is 2.64. The van der Waals surface area contributed by atoms with Gasteiger partial charge in [-0.25, -0.2) is 0 Å². The molecule has 2 rings (SSSR count). The van der Waals surface area contributed by atoms with E-state index in [1.807, 2.05) is 0 Å². The molecule has 1 saturated carbocycles. The van der Waals surface area contributed by atoms with Gasteiger partial charge in [0.15, 0.2) is 0 Å². The molecule has 2 nitrogen and oxygen atoms in total. The second kappa shape index (κ2) is 7.80. The van der Waals surface area contributed by atoms with E-state index >= 15 is 0 Å². The van der Waals surface area contributed by atoms with Crippen LogP contribution in [0.4, 0.5) is 0 Å². The van der Waals surface area contributed by atoms with Crippen LogP contribution in [0.3, 0.4) is 0 Å². The fourth-order valence-electron chi connectivity index (χ4n) is 3.20. The molecule has 0 amide bonds. The molecular weight excluding hydrogens is 246 g/mol. The van der Waals surface area contributed by atoms with Crippen molar-refractivity contribution in [2.24, 2.45) is 5.92 Å². The van der Waals surface area contributed by atoms with Gasteiger partial charge >= 0.3 is 0 Å². The molecular formula is C18H29NO. The zero-order valence-electron chi connectivity index (χ0n) is 12.9. The molecule has 0 saturated heterocycles. The normalized spacial score (nSPS) is 25.4. The molecule has 20 heavy (non-hydrogen) atoms. The van der Waals surface area contributed by atoms with E-state index in [9.17, 15) is 5.11 Å². The monoisotopic (exact) mass is 275 g/mol. The molecule has 2 N–H and O–H groups in total. The minimum Gasteiger partial charge on any atom is -0.392 e. The summed E-state index contributed by atoms with van der Waals surface area (Å²) >= 11 is 0. The molecule has 1 aliphatic carbocycles. The molecule has 0 aromatic heterocycles. The van der Waals surface area contributed by atoms with E-state index in [4.69, 9.17) is 0 Å². The molecule has 112 valence electrons. The van der Waals surface area contributed by atoms with Gasteiger partial charge in [0.05, 0.1) is 6.10 Å². The molecule has 0 radical (unpaired) electrons. The SMILES string of the molecule is CC(C)CC(NC1CCCCCC1O)c1ccccc1. The summed E-state index contributed by atoms with van der Waals surface area (Å²) in [5, 5.41) is 14.1. The topological polar surface area (TPSA) is 32.3 Å². The number of hydrogen-bond acceptors (Lipinski definition) is 2. The van der Waals surface area contributed by atoms with Crippen molar-refractivity contribution in [2.75, 3.05) is 0 Å². The molecule has 0 spiro atoms. The second-order valence-corrected chi connectivity index (χ2v) is 6.57. The van der Waals surface area contributed by atoms with Crippen LogP contribution in [0.2, 0.25) is 0 Å². The minimum atomic E-state index is -0.184. The highest BCUT2D eigenvalue weighted by Gasteiger charge is 2.25. The molecule has 3 unspecified atom stereocenters. The molecule has 0 heterocycles. The standard InChI is InChI=1S/C18H29NO/c1-14(2)13-17(15-9-5-3-6-10-15)19-16-11-7-4-8-12-18(16)20/h3,5-6,9-10,14,16-20H,4,7-8,11-13H2,1-2H3. The summed E-state index contributed by atoms with van der Waals surface area (Å²) in [6, 6.07) is 11.3. The van der Waals surface area contributed by atoms with Crippen molar-refractivity contribution < 1.29 is 5.11 Å². The van der Waals surface area contributed by atoms with Gasteiger partial charge in [-0.2, -0.15) is 0 Å². The van der Waals surface area contributed by atoms with Crippen LogP contribution in [-0.2, 0) is 0 Å². The Morgan fingerprint density at radius 1 is 1.10 bits per heavy atom. The lowest BCUT2D eigenvalue weighted by molar-refractivity contribution is 0.111. The summed E-state index contributed by atoms with van der Waals surface area (Å²) < 4.78 is 0. The minimum absolute atomic E-state index is 0.184. The van der Waals surface area contributed by atoms with E-state index in [0.29, 0.717) is 12.0 Å². The summed E-state index contributed by atoms with van der Waals surface area (Å²) in [4.78, 5) is 0. The first-order chi connectivity index (χ1) is 9.66. The van der Waals surface area contributed by atoms with Gasteiger partial charge < -0.3 is 10.4 Å². The van der Waals surface area contributed by atoms with Crippen LogP contribution in [0.1, 0.15) is 64.0 Å². The smallest absolute Gasteiger partial charge is 0.0693 e. The lowest BCUT2D eigenvalue weighted by Crippen LogP contribution is -2.41. The van der Waals surface area contributed by atoms with Crippen molar-refractivity contribution in [1.29, 1.82) is 0 Å². The van der Waals surface area contributed by atoms with Crippen molar-refractivity contribution in [2.45, 2.75) is 70.6 Å². The van der Waals surface area contributed by atoms with Crippen molar-refractivity contribution in [3.63, 3.8) is 0 Å². The van der Waals surface area contributed by atoms with E-state index in [-0.39, 0.29) is 12.1 Å². The van der Waals surface area contributed by atoms with Crippen LogP contribution in [0.25, 0.3) is 0 Å². The number of hydrogen-bond donors (Lipinski definition) is 2. The van der Waals surface area contributed by atoms with E-state index in [2.05, 4.69) is 49.5 Å². The Labute approximate surface area is 123 Å². The summed E-state index contributed by atoms with van der Waals surface area (Å²) in [7, 11) is 0. The van der Waals surface area contributed by atoms with Crippen LogP contribution in [0.5, 0.6) is 0 Å². The van der Waals surface area contributed by atoms with Gasteiger partial charge in [0.2, 0.25) is 0 Å².